The van der Waals surface area contributed by atoms with Gasteiger partial charge in [0.25, 0.3) is 5.91 Å². The highest BCUT2D eigenvalue weighted by molar-refractivity contribution is 6.30. The third kappa shape index (κ3) is 4.88. The van der Waals surface area contributed by atoms with Crippen molar-refractivity contribution in [3.05, 3.63) is 77.3 Å². The van der Waals surface area contributed by atoms with Crippen molar-refractivity contribution in [1.82, 2.24) is 0 Å². The maximum atomic E-state index is 13.0. The van der Waals surface area contributed by atoms with Crippen molar-refractivity contribution in [2.24, 2.45) is 0 Å². The number of aromatic hydroxyl groups is 1. The van der Waals surface area contributed by atoms with Gasteiger partial charge in [-0.15, -0.1) is 0 Å². The normalized spacial score (nSPS) is 11.7. The summed E-state index contributed by atoms with van der Waals surface area (Å²) in [5.74, 6) is 0.126. The van der Waals surface area contributed by atoms with Crippen molar-refractivity contribution in [2.75, 3.05) is 19.0 Å². The molecule has 5 nitrogen and oxygen atoms in total. The number of benzene rings is 3. The molecule has 0 aliphatic heterocycles. The summed E-state index contributed by atoms with van der Waals surface area (Å²) in [7, 11) is 1.49. The minimum atomic E-state index is -0.764. The summed E-state index contributed by atoms with van der Waals surface area (Å²) in [5, 5.41) is 13.4. The number of carbonyl (C=O) groups is 1. The molecule has 3 aromatic carbocycles. The molecule has 0 heterocycles. The number of anilines is 1. The van der Waals surface area contributed by atoms with Crippen LogP contribution >= 0.6 is 11.6 Å². The van der Waals surface area contributed by atoms with E-state index in [2.05, 4.69) is 5.32 Å². The van der Waals surface area contributed by atoms with E-state index in [0.717, 1.165) is 16.7 Å². The highest BCUT2D eigenvalue weighted by atomic mass is 35.5. The molecule has 0 spiro atoms. The van der Waals surface area contributed by atoms with Crippen LogP contribution in [0.15, 0.2) is 66.7 Å². The molecule has 1 amide bonds. The fraction of sp³-hybridized carbons (Fsp3) is 0.174. The maximum Gasteiger partial charge on any atom is 0.258 e. The van der Waals surface area contributed by atoms with Crippen LogP contribution in [0.3, 0.4) is 0 Å². The summed E-state index contributed by atoms with van der Waals surface area (Å²) in [6.07, 6.45) is -0.764. The number of phenols is 1. The second-order valence-electron chi connectivity index (χ2n) is 6.31. The predicted octanol–water partition coefficient (Wildman–Crippen LogP) is 5.44. The number of nitrogens with one attached hydrogen (secondary N) is 1. The van der Waals surface area contributed by atoms with Crippen molar-refractivity contribution in [3.63, 3.8) is 0 Å². The molecule has 0 fully saturated rings. The molecule has 0 radical (unpaired) electrons. The predicted molar refractivity (Wildman–Crippen MR) is 115 cm³/mol. The monoisotopic (exact) mass is 411 g/mol. The van der Waals surface area contributed by atoms with Gasteiger partial charge in [-0.3, -0.25) is 4.79 Å². The molecule has 0 saturated carbocycles. The first-order valence-electron chi connectivity index (χ1n) is 9.17. The van der Waals surface area contributed by atoms with Crippen LogP contribution in [0.2, 0.25) is 5.02 Å². The van der Waals surface area contributed by atoms with E-state index in [-0.39, 0.29) is 11.7 Å². The summed E-state index contributed by atoms with van der Waals surface area (Å²) in [4.78, 5) is 13.0. The summed E-state index contributed by atoms with van der Waals surface area (Å²) in [6, 6.07) is 19.5. The Kier molecular flexibility index (Phi) is 6.75. The van der Waals surface area contributed by atoms with Crippen LogP contribution in [0.4, 0.5) is 5.69 Å². The van der Waals surface area contributed by atoms with Gasteiger partial charge < -0.3 is 19.9 Å². The number of hydrogen-bond acceptors (Lipinski definition) is 4. The Hall–Kier alpha value is -3.02. The fourth-order valence-electron chi connectivity index (χ4n) is 3.01. The van der Waals surface area contributed by atoms with E-state index in [1.165, 1.54) is 7.11 Å². The number of methoxy groups -OCH3 is 1. The van der Waals surface area contributed by atoms with Crippen molar-refractivity contribution < 1.29 is 19.4 Å². The zero-order chi connectivity index (χ0) is 20.8. The van der Waals surface area contributed by atoms with Crippen molar-refractivity contribution in [3.8, 4) is 22.6 Å². The van der Waals surface area contributed by atoms with Gasteiger partial charge in [-0.05, 0) is 48.4 Å². The molecule has 2 N–H and O–H groups in total. The lowest BCUT2D eigenvalue weighted by Gasteiger charge is -2.19. The van der Waals surface area contributed by atoms with Gasteiger partial charge in [-0.2, -0.15) is 0 Å². The fourth-order valence-corrected chi connectivity index (χ4v) is 3.14. The lowest BCUT2D eigenvalue weighted by molar-refractivity contribution is -0.127. The van der Waals surface area contributed by atoms with Gasteiger partial charge in [0.05, 0.1) is 7.11 Å². The second-order valence-corrected chi connectivity index (χ2v) is 6.74. The smallest absolute Gasteiger partial charge is 0.258 e. The Morgan fingerprint density at radius 1 is 1.10 bits per heavy atom. The Balaban J connectivity index is 1.91. The van der Waals surface area contributed by atoms with Gasteiger partial charge >= 0.3 is 0 Å². The Morgan fingerprint density at radius 3 is 2.52 bits per heavy atom. The molecule has 1 unspecified atom stereocenters. The Morgan fingerprint density at radius 2 is 1.83 bits per heavy atom. The number of amides is 1. The number of phenolic OH excluding ortho intramolecular Hbond substituents is 1. The van der Waals surface area contributed by atoms with E-state index in [9.17, 15) is 9.90 Å². The van der Waals surface area contributed by atoms with Crippen molar-refractivity contribution in [1.29, 1.82) is 0 Å². The first-order valence-corrected chi connectivity index (χ1v) is 9.55. The number of hydrogen-bond donors (Lipinski definition) is 2. The highest BCUT2D eigenvalue weighted by Crippen LogP contribution is 2.35. The summed E-state index contributed by atoms with van der Waals surface area (Å²) < 4.78 is 10.9. The van der Waals surface area contributed by atoms with Crippen LogP contribution in [0.1, 0.15) is 18.6 Å². The first kappa shape index (κ1) is 20.7. The molecule has 0 saturated heterocycles. The lowest BCUT2D eigenvalue weighted by atomic mass is 10.0. The molecular weight excluding hydrogens is 390 g/mol. The molecule has 3 rings (SSSR count). The van der Waals surface area contributed by atoms with E-state index in [4.69, 9.17) is 21.1 Å². The van der Waals surface area contributed by atoms with Crippen molar-refractivity contribution >= 4 is 23.2 Å². The quantitative estimate of drug-likeness (QED) is 0.543. The topological polar surface area (TPSA) is 67.8 Å². The Labute approximate surface area is 174 Å². The van der Waals surface area contributed by atoms with Crippen LogP contribution in [0, 0.1) is 0 Å². The lowest BCUT2D eigenvalue weighted by Crippen LogP contribution is -2.24. The zero-order valence-electron chi connectivity index (χ0n) is 16.2. The van der Waals surface area contributed by atoms with Gasteiger partial charge in [-0.25, -0.2) is 0 Å². The van der Waals surface area contributed by atoms with Gasteiger partial charge in [0, 0.05) is 22.9 Å². The average molecular weight is 412 g/mol. The van der Waals surface area contributed by atoms with Crippen LogP contribution in [-0.2, 0) is 9.53 Å². The molecule has 1 atom stereocenters. The molecule has 0 aromatic heterocycles. The van der Waals surface area contributed by atoms with Crippen molar-refractivity contribution in [2.45, 2.75) is 13.0 Å². The number of halogens is 1. The van der Waals surface area contributed by atoms with Crippen LogP contribution in [-0.4, -0.2) is 24.7 Å². The molecule has 0 bridgehead atoms. The van der Waals surface area contributed by atoms with Gasteiger partial charge in [0.1, 0.15) is 0 Å². The molecule has 29 heavy (non-hydrogen) atoms. The zero-order valence-corrected chi connectivity index (χ0v) is 16.9. The minimum absolute atomic E-state index is 0.0527. The number of para-hydroxylation sites is 1. The summed E-state index contributed by atoms with van der Waals surface area (Å²) in [6.45, 7) is 2.23. The van der Waals surface area contributed by atoms with E-state index < -0.39 is 6.10 Å². The van der Waals surface area contributed by atoms with Crippen LogP contribution in [0.5, 0.6) is 11.5 Å². The van der Waals surface area contributed by atoms with Gasteiger partial charge in [0.15, 0.2) is 17.6 Å². The summed E-state index contributed by atoms with van der Waals surface area (Å²) in [5.41, 5.74) is 2.95. The molecule has 0 aliphatic carbocycles. The first-order chi connectivity index (χ1) is 14.0. The van der Waals surface area contributed by atoms with E-state index in [1.54, 1.807) is 42.5 Å². The number of carbonyl (C=O) groups excluding carboxylic acids is 1. The number of ether oxygens (including phenoxy) is 2. The van der Waals surface area contributed by atoms with E-state index in [1.807, 2.05) is 31.2 Å². The van der Waals surface area contributed by atoms with E-state index >= 15 is 0 Å². The molecule has 150 valence electrons. The highest BCUT2D eigenvalue weighted by Gasteiger charge is 2.22. The summed E-state index contributed by atoms with van der Waals surface area (Å²) >= 11 is 5.96. The largest absolute Gasteiger partial charge is 0.504 e. The van der Waals surface area contributed by atoms with E-state index in [0.29, 0.717) is 23.1 Å². The minimum Gasteiger partial charge on any atom is -0.504 e. The van der Waals surface area contributed by atoms with Gasteiger partial charge in [-0.1, -0.05) is 48.0 Å². The molecular formula is C23H22ClNO4. The second kappa shape index (κ2) is 9.45. The van der Waals surface area contributed by atoms with Crippen LogP contribution in [0.25, 0.3) is 11.1 Å². The average Bonchev–Trinajstić information content (AvgIpc) is 2.73. The number of rotatable bonds is 7. The molecule has 3 aromatic rings. The Bertz CT molecular complexity index is 988. The molecule has 0 aliphatic rings. The van der Waals surface area contributed by atoms with Gasteiger partial charge in [0.2, 0.25) is 0 Å². The standard InChI is InChI=1S/C23H22ClNO4/c1-3-29-22(15-8-11-17(24)12-9-15)23(27)25-19-7-5-4-6-18(19)16-10-13-20(26)21(14-16)28-2/h4-14,22,26H,3H2,1-2H3,(H,25,27). The SMILES string of the molecule is CCOC(C(=O)Nc1ccccc1-c1ccc(O)c(OC)c1)c1ccc(Cl)cc1. The maximum absolute atomic E-state index is 13.0. The third-order valence-corrected chi connectivity index (χ3v) is 4.67. The van der Waals surface area contributed by atoms with Crippen LogP contribution < -0.4 is 10.1 Å². The third-order valence-electron chi connectivity index (χ3n) is 4.42. The molecule has 6 heteroatoms.